The Bertz CT molecular complexity index is 718. The molecule has 4 rings (SSSR count). The van der Waals surface area contributed by atoms with Crippen LogP contribution in [0.25, 0.3) is 10.2 Å². The first-order valence-corrected chi connectivity index (χ1v) is 7.72. The van der Waals surface area contributed by atoms with Crippen LogP contribution in [0.1, 0.15) is 0 Å². The fraction of sp³-hybridized carbons (Fsp3) is 0.267. The zero-order valence-corrected chi connectivity index (χ0v) is 12.5. The van der Waals surface area contributed by atoms with Crippen molar-refractivity contribution < 1.29 is 0 Å². The monoisotopic (exact) mass is 297 g/mol. The van der Waals surface area contributed by atoms with Crippen LogP contribution in [0.2, 0.25) is 0 Å². The molecule has 0 radical (unpaired) electrons. The number of hydrogen-bond acceptors (Lipinski definition) is 6. The fourth-order valence-electron chi connectivity index (χ4n) is 2.50. The van der Waals surface area contributed by atoms with Crippen molar-refractivity contribution in [2.75, 3.05) is 29.9 Å². The summed E-state index contributed by atoms with van der Waals surface area (Å²) in [5, 5.41) is 1.06. The molecule has 1 aliphatic rings. The summed E-state index contributed by atoms with van der Waals surface area (Å²) in [4.78, 5) is 17.7. The molecule has 3 aromatic heterocycles. The minimum absolute atomic E-state index is 0.487. The van der Waals surface area contributed by atoms with Gasteiger partial charge in [-0.2, -0.15) is 0 Å². The maximum atomic E-state index is 4.66. The number of pyridine rings is 2. The molecule has 0 aliphatic carbocycles. The summed E-state index contributed by atoms with van der Waals surface area (Å²) in [5.41, 5.74) is 0.977. The van der Waals surface area contributed by atoms with Gasteiger partial charge in [0.25, 0.3) is 0 Å². The van der Waals surface area contributed by atoms with Gasteiger partial charge in [-0.25, -0.2) is 9.97 Å². The van der Waals surface area contributed by atoms with Gasteiger partial charge >= 0.3 is 0 Å². The second kappa shape index (κ2) is 4.96. The largest absolute Gasteiger partial charge is 0.352 e. The van der Waals surface area contributed by atoms with Gasteiger partial charge in [-0.3, -0.25) is 4.98 Å². The molecule has 1 aliphatic heterocycles. The van der Waals surface area contributed by atoms with E-state index in [0.29, 0.717) is 6.04 Å². The summed E-state index contributed by atoms with van der Waals surface area (Å²) in [5.74, 6) is 1.05. The Kier molecular flexibility index (Phi) is 2.96. The number of aromatic nitrogens is 3. The van der Waals surface area contributed by atoms with E-state index >= 15 is 0 Å². The predicted molar refractivity (Wildman–Crippen MR) is 86.1 cm³/mol. The van der Waals surface area contributed by atoms with Crippen LogP contribution in [0.4, 0.5) is 10.9 Å². The van der Waals surface area contributed by atoms with E-state index in [2.05, 4.69) is 37.9 Å². The molecule has 106 valence electrons. The van der Waals surface area contributed by atoms with Gasteiger partial charge in [0.2, 0.25) is 0 Å². The third-order valence-electron chi connectivity index (χ3n) is 3.86. The zero-order valence-electron chi connectivity index (χ0n) is 11.7. The average Bonchev–Trinajstić information content (AvgIpc) is 2.90. The standard InChI is InChI=1S/C15H15N5S/c1-19(15-18-12-8-16-7-5-13(12)21-15)11-9-20(10-11)14-4-2-3-6-17-14/h2-8,11H,9-10H2,1H3. The minimum atomic E-state index is 0.487. The van der Waals surface area contributed by atoms with Crippen LogP contribution in [0, 0.1) is 0 Å². The zero-order chi connectivity index (χ0) is 14.2. The van der Waals surface area contributed by atoms with E-state index in [9.17, 15) is 0 Å². The van der Waals surface area contributed by atoms with E-state index < -0.39 is 0 Å². The summed E-state index contributed by atoms with van der Waals surface area (Å²) < 4.78 is 1.19. The van der Waals surface area contributed by atoms with Gasteiger partial charge in [0.1, 0.15) is 11.3 Å². The maximum absolute atomic E-state index is 4.66. The van der Waals surface area contributed by atoms with Crippen molar-refractivity contribution in [1.82, 2.24) is 15.0 Å². The first kappa shape index (κ1) is 12.5. The van der Waals surface area contributed by atoms with E-state index in [1.807, 2.05) is 36.8 Å². The lowest BCUT2D eigenvalue weighted by Gasteiger charge is -2.44. The van der Waals surface area contributed by atoms with Crippen molar-refractivity contribution in [1.29, 1.82) is 0 Å². The van der Waals surface area contributed by atoms with Crippen LogP contribution in [0.15, 0.2) is 42.9 Å². The number of thiazole rings is 1. The van der Waals surface area contributed by atoms with Crippen LogP contribution < -0.4 is 9.80 Å². The van der Waals surface area contributed by atoms with Crippen molar-refractivity contribution in [3.63, 3.8) is 0 Å². The Labute approximate surface area is 126 Å². The molecule has 21 heavy (non-hydrogen) atoms. The van der Waals surface area contributed by atoms with E-state index in [1.54, 1.807) is 11.3 Å². The Morgan fingerprint density at radius 1 is 1.24 bits per heavy atom. The molecular weight excluding hydrogens is 282 g/mol. The van der Waals surface area contributed by atoms with Gasteiger partial charge in [0, 0.05) is 32.5 Å². The topological polar surface area (TPSA) is 45.2 Å². The number of hydrogen-bond donors (Lipinski definition) is 0. The summed E-state index contributed by atoms with van der Waals surface area (Å²) >= 11 is 1.72. The molecule has 1 fully saturated rings. The third kappa shape index (κ3) is 2.21. The Hall–Kier alpha value is -2.21. The molecule has 5 nitrogen and oxygen atoms in total. The molecule has 0 atom stereocenters. The molecule has 4 heterocycles. The van der Waals surface area contributed by atoms with Crippen molar-refractivity contribution in [2.45, 2.75) is 6.04 Å². The van der Waals surface area contributed by atoms with Gasteiger partial charge in [0.15, 0.2) is 5.13 Å². The van der Waals surface area contributed by atoms with E-state index in [4.69, 9.17) is 0 Å². The lowest BCUT2D eigenvalue weighted by atomic mass is 10.1. The van der Waals surface area contributed by atoms with Crippen molar-refractivity contribution in [2.24, 2.45) is 0 Å². The highest BCUT2D eigenvalue weighted by molar-refractivity contribution is 7.22. The second-order valence-electron chi connectivity index (χ2n) is 5.20. The Balaban J connectivity index is 1.48. The fourth-order valence-corrected chi connectivity index (χ4v) is 3.47. The lowest BCUT2D eigenvalue weighted by molar-refractivity contribution is 0.492. The van der Waals surface area contributed by atoms with Crippen molar-refractivity contribution in [3.05, 3.63) is 42.9 Å². The molecule has 3 aromatic rings. The highest BCUT2D eigenvalue weighted by Crippen LogP contribution is 2.31. The highest BCUT2D eigenvalue weighted by Gasteiger charge is 2.32. The summed E-state index contributed by atoms with van der Waals surface area (Å²) in [6.07, 6.45) is 5.48. The van der Waals surface area contributed by atoms with Crippen LogP contribution in [0.5, 0.6) is 0 Å². The van der Waals surface area contributed by atoms with Gasteiger partial charge in [-0.05, 0) is 18.2 Å². The Morgan fingerprint density at radius 2 is 2.14 bits per heavy atom. The van der Waals surface area contributed by atoms with Gasteiger partial charge in [0.05, 0.1) is 16.9 Å². The van der Waals surface area contributed by atoms with Crippen LogP contribution in [-0.4, -0.2) is 41.1 Å². The minimum Gasteiger partial charge on any atom is -0.352 e. The maximum Gasteiger partial charge on any atom is 0.186 e. The van der Waals surface area contributed by atoms with Gasteiger partial charge in [-0.15, -0.1) is 0 Å². The number of nitrogens with zero attached hydrogens (tertiary/aromatic N) is 5. The molecule has 6 heteroatoms. The van der Waals surface area contributed by atoms with Crippen LogP contribution >= 0.6 is 11.3 Å². The van der Waals surface area contributed by atoms with Crippen LogP contribution in [0.3, 0.4) is 0 Å². The van der Waals surface area contributed by atoms with Crippen molar-refractivity contribution in [3.8, 4) is 0 Å². The molecule has 1 saturated heterocycles. The second-order valence-corrected chi connectivity index (χ2v) is 6.21. The van der Waals surface area contributed by atoms with E-state index in [1.165, 1.54) is 4.70 Å². The lowest BCUT2D eigenvalue weighted by Crippen LogP contribution is -2.59. The SMILES string of the molecule is CN(c1nc2cnccc2s1)C1CN(c2ccccn2)C1. The molecule has 0 unspecified atom stereocenters. The molecular formula is C15H15N5S. The van der Waals surface area contributed by atoms with Crippen LogP contribution in [-0.2, 0) is 0 Å². The molecule has 0 saturated carbocycles. The summed E-state index contributed by atoms with van der Waals surface area (Å²) in [7, 11) is 2.12. The molecule has 0 N–H and O–H groups in total. The van der Waals surface area contributed by atoms with Crippen molar-refractivity contribution >= 4 is 32.5 Å². The predicted octanol–water partition coefficient (Wildman–Crippen LogP) is 2.41. The average molecular weight is 297 g/mol. The normalized spacial score (nSPS) is 15.2. The molecule has 0 aromatic carbocycles. The number of fused-ring (bicyclic) bond motifs is 1. The first-order chi connectivity index (χ1) is 10.3. The Morgan fingerprint density at radius 3 is 2.90 bits per heavy atom. The highest BCUT2D eigenvalue weighted by atomic mass is 32.1. The van der Waals surface area contributed by atoms with E-state index in [0.717, 1.165) is 29.6 Å². The third-order valence-corrected chi connectivity index (χ3v) is 4.99. The smallest absolute Gasteiger partial charge is 0.186 e. The molecule has 0 spiro atoms. The molecule has 0 amide bonds. The van der Waals surface area contributed by atoms with Gasteiger partial charge in [-0.1, -0.05) is 17.4 Å². The number of likely N-dealkylation sites (N-methyl/N-ethyl adjacent to an activating group) is 1. The number of anilines is 2. The molecule has 0 bridgehead atoms. The quantitative estimate of drug-likeness (QED) is 0.743. The van der Waals surface area contributed by atoms with Gasteiger partial charge < -0.3 is 9.80 Å². The van der Waals surface area contributed by atoms with E-state index in [-0.39, 0.29) is 0 Å². The summed E-state index contributed by atoms with van der Waals surface area (Å²) in [6.45, 7) is 1.98. The number of rotatable bonds is 3. The first-order valence-electron chi connectivity index (χ1n) is 6.90. The summed E-state index contributed by atoms with van der Waals surface area (Å²) in [6, 6.07) is 8.54.